The Labute approximate surface area is 131 Å². The van der Waals surface area contributed by atoms with E-state index in [4.69, 9.17) is 11.6 Å². The Bertz CT molecular complexity index is 502. The molecule has 0 amide bonds. The van der Waals surface area contributed by atoms with Gasteiger partial charge in [0.2, 0.25) is 0 Å². The van der Waals surface area contributed by atoms with Crippen molar-refractivity contribution in [3.63, 3.8) is 0 Å². The maximum absolute atomic E-state index is 6.20. The molecule has 1 aromatic carbocycles. The van der Waals surface area contributed by atoms with E-state index in [0.29, 0.717) is 6.04 Å². The van der Waals surface area contributed by atoms with Gasteiger partial charge in [-0.25, -0.2) is 0 Å². The van der Waals surface area contributed by atoms with Gasteiger partial charge in [-0.3, -0.25) is 0 Å². The number of hydrogen-bond donors (Lipinski definition) is 1. The van der Waals surface area contributed by atoms with Gasteiger partial charge in [-0.15, -0.1) is 11.3 Å². The second-order valence-electron chi connectivity index (χ2n) is 5.19. The largest absolute Gasteiger partial charge is 0.310 e. The van der Waals surface area contributed by atoms with E-state index < -0.39 is 0 Å². The molecule has 0 fully saturated rings. The fourth-order valence-electron chi connectivity index (χ4n) is 2.41. The first kappa shape index (κ1) is 15.6. The van der Waals surface area contributed by atoms with Gasteiger partial charge in [0.05, 0.1) is 0 Å². The first-order valence-electron chi connectivity index (χ1n) is 7.22. The van der Waals surface area contributed by atoms with Gasteiger partial charge in [0.1, 0.15) is 0 Å². The average Bonchev–Trinajstić information content (AvgIpc) is 2.91. The lowest BCUT2D eigenvalue weighted by molar-refractivity contribution is 0.500. The minimum atomic E-state index is 0.384. The molecule has 1 atom stereocenters. The van der Waals surface area contributed by atoms with Crippen LogP contribution in [0.3, 0.4) is 0 Å². The quantitative estimate of drug-likeness (QED) is 0.723. The van der Waals surface area contributed by atoms with Crippen LogP contribution in [0.1, 0.15) is 41.8 Å². The van der Waals surface area contributed by atoms with Gasteiger partial charge in [-0.05, 0) is 67.4 Å². The summed E-state index contributed by atoms with van der Waals surface area (Å²) in [6.45, 7) is 5.35. The molecule has 0 saturated heterocycles. The van der Waals surface area contributed by atoms with E-state index in [0.717, 1.165) is 30.8 Å². The van der Waals surface area contributed by atoms with Crippen LogP contribution in [0.4, 0.5) is 0 Å². The number of nitrogens with one attached hydrogen (secondary N) is 1. The number of aryl methyl sites for hydroxylation is 2. The zero-order valence-corrected chi connectivity index (χ0v) is 13.7. The van der Waals surface area contributed by atoms with Gasteiger partial charge in [-0.1, -0.05) is 30.7 Å². The van der Waals surface area contributed by atoms with Crippen LogP contribution in [-0.4, -0.2) is 6.54 Å². The van der Waals surface area contributed by atoms with Crippen molar-refractivity contribution < 1.29 is 0 Å². The van der Waals surface area contributed by atoms with E-state index in [-0.39, 0.29) is 0 Å². The average molecular weight is 308 g/mol. The van der Waals surface area contributed by atoms with Crippen LogP contribution < -0.4 is 5.32 Å². The SMILES string of the molecule is CCCNC(CCc1cccs1)c1cc(C)cc(Cl)c1. The van der Waals surface area contributed by atoms with E-state index in [1.807, 2.05) is 17.4 Å². The molecular weight excluding hydrogens is 286 g/mol. The van der Waals surface area contributed by atoms with Crippen molar-refractivity contribution in [1.29, 1.82) is 0 Å². The molecule has 0 saturated carbocycles. The molecule has 0 radical (unpaired) electrons. The Kier molecular flexibility index (Phi) is 6.08. The van der Waals surface area contributed by atoms with Gasteiger partial charge in [0.15, 0.2) is 0 Å². The highest BCUT2D eigenvalue weighted by molar-refractivity contribution is 7.09. The van der Waals surface area contributed by atoms with Crippen molar-refractivity contribution in [1.82, 2.24) is 5.32 Å². The molecule has 2 aromatic rings. The van der Waals surface area contributed by atoms with Crippen molar-refractivity contribution in [3.05, 3.63) is 56.7 Å². The molecule has 0 bridgehead atoms. The lowest BCUT2D eigenvalue weighted by Crippen LogP contribution is -2.22. The highest BCUT2D eigenvalue weighted by atomic mass is 35.5. The summed E-state index contributed by atoms with van der Waals surface area (Å²) in [5, 5.41) is 6.63. The van der Waals surface area contributed by atoms with E-state index in [9.17, 15) is 0 Å². The molecule has 1 aromatic heterocycles. The summed E-state index contributed by atoms with van der Waals surface area (Å²) in [7, 11) is 0. The molecular formula is C17H22ClNS. The van der Waals surface area contributed by atoms with E-state index in [2.05, 4.69) is 48.8 Å². The summed E-state index contributed by atoms with van der Waals surface area (Å²) in [5.41, 5.74) is 2.53. The van der Waals surface area contributed by atoms with Gasteiger partial charge >= 0.3 is 0 Å². The fraction of sp³-hybridized carbons (Fsp3) is 0.412. The van der Waals surface area contributed by atoms with Crippen molar-refractivity contribution in [2.24, 2.45) is 0 Å². The third-order valence-corrected chi connectivity index (χ3v) is 4.52. The molecule has 1 unspecified atom stereocenters. The number of benzene rings is 1. The lowest BCUT2D eigenvalue weighted by atomic mass is 9.99. The number of halogens is 1. The van der Waals surface area contributed by atoms with Crippen LogP contribution in [0.25, 0.3) is 0 Å². The zero-order valence-electron chi connectivity index (χ0n) is 12.2. The molecule has 0 aliphatic heterocycles. The summed E-state index contributed by atoms with van der Waals surface area (Å²) in [5.74, 6) is 0. The van der Waals surface area contributed by atoms with E-state index in [1.165, 1.54) is 16.0 Å². The fourth-order valence-corrected chi connectivity index (χ4v) is 3.44. The smallest absolute Gasteiger partial charge is 0.0411 e. The normalized spacial score (nSPS) is 12.6. The molecule has 20 heavy (non-hydrogen) atoms. The number of rotatable bonds is 7. The van der Waals surface area contributed by atoms with Gasteiger partial charge < -0.3 is 5.32 Å². The van der Waals surface area contributed by atoms with Crippen molar-refractivity contribution in [2.75, 3.05) is 6.54 Å². The summed E-state index contributed by atoms with van der Waals surface area (Å²) in [6, 6.07) is 11.1. The van der Waals surface area contributed by atoms with Crippen molar-refractivity contribution in [2.45, 2.75) is 39.2 Å². The van der Waals surface area contributed by atoms with Crippen LogP contribution in [0.15, 0.2) is 35.7 Å². The summed E-state index contributed by atoms with van der Waals surface area (Å²) in [6.07, 6.45) is 3.37. The molecule has 1 N–H and O–H groups in total. The monoisotopic (exact) mass is 307 g/mol. The summed E-state index contributed by atoms with van der Waals surface area (Å²) in [4.78, 5) is 1.45. The summed E-state index contributed by atoms with van der Waals surface area (Å²) < 4.78 is 0. The van der Waals surface area contributed by atoms with Crippen LogP contribution in [0, 0.1) is 6.92 Å². The summed E-state index contributed by atoms with van der Waals surface area (Å²) >= 11 is 8.04. The van der Waals surface area contributed by atoms with Crippen molar-refractivity contribution >= 4 is 22.9 Å². The van der Waals surface area contributed by atoms with E-state index >= 15 is 0 Å². The van der Waals surface area contributed by atoms with Crippen LogP contribution in [-0.2, 0) is 6.42 Å². The van der Waals surface area contributed by atoms with Crippen LogP contribution >= 0.6 is 22.9 Å². The molecule has 1 nitrogen and oxygen atoms in total. The second kappa shape index (κ2) is 7.82. The lowest BCUT2D eigenvalue weighted by Gasteiger charge is -2.19. The standard InChI is InChI=1S/C17H22ClNS/c1-3-8-19-17(7-6-16-5-4-9-20-16)14-10-13(2)11-15(18)12-14/h4-5,9-12,17,19H,3,6-8H2,1-2H3. The Morgan fingerprint density at radius 3 is 2.80 bits per heavy atom. The topological polar surface area (TPSA) is 12.0 Å². The van der Waals surface area contributed by atoms with Gasteiger partial charge in [0, 0.05) is 15.9 Å². The second-order valence-corrected chi connectivity index (χ2v) is 6.66. The highest BCUT2D eigenvalue weighted by Gasteiger charge is 2.12. The van der Waals surface area contributed by atoms with Crippen LogP contribution in [0.2, 0.25) is 5.02 Å². The minimum absolute atomic E-state index is 0.384. The van der Waals surface area contributed by atoms with Gasteiger partial charge in [-0.2, -0.15) is 0 Å². The maximum atomic E-state index is 6.20. The molecule has 0 aliphatic carbocycles. The highest BCUT2D eigenvalue weighted by Crippen LogP contribution is 2.25. The van der Waals surface area contributed by atoms with Crippen LogP contribution in [0.5, 0.6) is 0 Å². The number of hydrogen-bond acceptors (Lipinski definition) is 2. The van der Waals surface area contributed by atoms with Gasteiger partial charge in [0.25, 0.3) is 0 Å². The maximum Gasteiger partial charge on any atom is 0.0411 e. The molecule has 2 rings (SSSR count). The third kappa shape index (κ3) is 4.62. The third-order valence-electron chi connectivity index (χ3n) is 3.37. The Balaban J connectivity index is 2.09. The molecule has 108 valence electrons. The Morgan fingerprint density at radius 1 is 1.30 bits per heavy atom. The molecule has 0 aliphatic rings. The Morgan fingerprint density at radius 2 is 2.15 bits per heavy atom. The minimum Gasteiger partial charge on any atom is -0.310 e. The predicted octanol–water partition coefficient (Wildman–Crippen LogP) is 5.38. The first-order valence-corrected chi connectivity index (χ1v) is 8.47. The molecule has 0 spiro atoms. The number of thiophene rings is 1. The molecule has 1 heterocycles. The van der Waals surface area contributed by atoms with E-state index in [1.54, 1.807) is 0 Å². The predicted molar refractivity (Wildman–Crippen MR) is 89.9 cm³/mol. The first-order chi connectivity index (χ1) is 9.69. The van der Waals surface area contributed by atoms with Crippen molar-refractivity contribution in [3.8, 4) is 0 Å². The molecule has 3 heteroatoms. The zero-order chi connectivity index (χ0) is 14.4. The Hall–Kier alpha value is -0.830.